The van der Waals surface area contributed by atoms with Crippen molar-refractivity contribution in [2.75, 3.05) is 29.9 Å². The van der Waals surface area contributed by atoms with Crippen LogP contribution < -0.4 is 5.32 Å². The average Bonchev–Trinajstić information content (AvgIpc) is 2.52. The number of benzene rings is 1. The summed E-state index contributed by atoms with van der Waals surface area (Å²) in [5.74, 6) is 0.389. The molecule has 1 saturated heterocycles. The van der Waals surface area contributed by atoms with Crippen molar-refractivity contribution in [2.45, 2.75) is 31.5 Å². The molecule has 1 fully saturated rings. The van der Waals surface area contributed by atoms with Crippen LogP contribution >= 0.6 is 11.8 Å². The molecule has 2 N–H and O–H groups in total. The van der Waals surface area contributed by atoms with E-state index in [0.717, 1.165) is 11.8 Å². The number of halogens is 4. The fraction of sp³-hybridized carbons (Fsp3) is 0.562. The van der Waals surface area contributed by atoms with Crippen LogP contribution in [0.5, 0.6) is 0 Å². The lowest BCUT2D eigenvalue weighted by Crippen LogP contribution is -2.49. The average molecular weight is 380 g/mol. The van der Waals surface area contributed by atoms with Gasteiger partial charge in [0, 0.05) is 24.5 Å². The third-order valence-corrected chi connectivity index (χ3v) is 5.18. The van der Waals surface area contributed by atoms with E-state index in [0.29, 0.717) is 30.7 Å². The van der Waals surface area contributed by atoms with E-state index >= 15 is 0 Å². The van der Waals surface area contributed by atoms with Gasteiger partial charge < -0.3 is 15.3 Å². The number of amides is 2. The molecule has 1 aromatic rings. The lowest BCUT2D eigenvalue weighted by atomic mass is 9.94. The van der Waals surface area contributed by atoms with Gasteiger partial charge in [-0.2, -0.15) is 24.9 Å². The topological polar surface area (TPSA) is 52.6 Å². The molecule has 4 nitrogen and oxygen atoms in total. The van der Waals surface area contributed by atoms with Crippen molar-refractivity contribution in [1.29, 1.82) is 0 Å². The van der Waals surface area contributed by atoms with Crippen LogP contribution in [-0.4, -0.2) is 46.2 Å². The highest BCUT2D eigenvalue weighted by molar-refractivity contribution is 7.99. The minimum absolute atomic E-state index is 0.250. The second kappa shape index (κ2) is 7.82. The molecule has 0 aliphatic carbocycles. The number of anilines is 1. The van der Waals surface area contributed by atoms with Gasteiger partial charge in [0.15, 0.2) is 0 Å². The molecule has 0 spiro atoms. The fourth-order valence-corrected chi connectivity index (χ4v) is 3.46. The molecule has 9 heteroatoms. The Labute approximate surface area is 147 Å². The summed E-state index contributed by atoms with van der Waals surface area (Å²) in [5, 5.41) is 12.7. The predicted octanol–water partition coefficient (Wildman–Crippen LogP) is 3.96. The molecule has 0 saturated carbocycles. The summed E-state index contributed by atoms with van der Waals surface area (Å²) < 4.78 is 51.5. The smallest absolute Gasteiger partial charge is 0.389 e. The molecule has 0 atom stereocenters. The van der Waals surface area contributed by atoms with Crippen molar-refractivity contribution < 1.29 is 27.5 Å². The maximum Gasteiger partial charge on any atom is 0.416 e. The van der Waals surface area contributed by atoms with Gasteiger partial charge in [-0.25, -0.2) is 9.18 Å². The van der Waals surface area contributed by atoms with E-state index in [4.69, 9.17) is 0 Å². The quantitative estimate of drug-likeness (QED) is 0.778. The molecule has 2 amide bonds. The zero-order valence-corrected chi connectivity index (χ0v) is 14.5. The van der Waals surface area contributed by atoms with Crippen molar-refractivity contribution in [3.63, 3.8) is 0 Å². The SMILES string of the molecule is CCSCC1(O)CCN(C(=O)Nc2cc(F)cc(C(F)(F)F)c2)CC1. The minimum Gasteiger partial charge on any atom is -0.389 e. The van der Waals surface area contributed by atoms with Crippen molar-refractivity contribution in [3.05, 3.63) is 29.6 Å². The molecule has 2 rings (SSSR count). The van der Waals surface area contributed by atoms with E-state index < -0.39 is 29.2 Å². The van der Waals surface area contributed by atoms with E-state index in [1.165, 1.54) is 4.90 Å². The Morgan fingerprint density at radius 3 is 2.52 bits per heavy atom. The second-order valence-corrected chi connectivity index (χ2v) is 7.28. The summed E-state index contributed by atoms with van der Waals surface area (Å²) in [5.41, 5.74) is -2.24. The number of hydrogen-bond acceptors (Lipinski definition) is 3. The summed E-state index contributed by atoms with van der Waals surface area (Å²) in [6.07, 6.45) is -3.91. The van der Waals surface area contributed by atoms with Gasteiger partial charge in [-0.1, -0.05) is 6.92 Å². The van der Waals surface area contributed by atoms with Crippen molar-refractivity contribution in [3.8, 4) is 0 Å². The molecular weight excluding hydrogens is 360 g/mol. The summed E-state index contributed by atoms with van der Waals surface area (Å²) in [7, 11) is 0. The summed E-state index contributed by atoms with van der Waals surface area (Å²) in [4.78, 5) is 13.6. The number of urea groups is 1. The van der Waals surface area contributed by atoms with E-state index in [2.05, 4.69) is 5.32 Å². The molecule has 1 aromatic carbocycles. The molecule has 1 aliphatic heterocycles. The van der Waals surface area contributed by atoms with Gasteiger partial charge >= 0.3 is 12.2 Å². The Balaban J connectivity index is 1.98. The Hall–Kier alpha value is -1.48. The molecule has 25 heavy (non-hydrogen) atoms. The zero-order chi connectivity index (χ0) is 18.7. The fourth-order valence-electron chi connectivity index (χ4n) is 2.59. The van der Waals surface area contributed by atoms with Gasteiger partial charge in [-0.15, -0.1) is 0 Å². The van der Waals surface area contributed by atoms with Crippen LogP contribution in [0.25, 0.3) is 0 Å². The molecule has 0 radical (unpaired) electrons. The van der Waals surface area contributed by atoms with Crippen LogP contribution in [0.3, 0.4) is 0 Å². The Morgan fingerprint density at radius 2 is 1.96 bits per heavy atom. The number of nitrogens with zero attached hydrogens (tertiary/aromatic N) is 1. The van der Waals surface area contributed by atoms with Crippen LogP contribution in [0.1, 0.15) is 25.3 Å². The van der Waals surface area contributed by atoms with Gasteiger partial charge in [0.1, 0.15) is 5.82 Å². The number of carbonyl (C=O) groups is 1. The molecule has 140 valence electrons. The van der Waals surface area contributed by atoms with Gasteiger partial charge in [0.25, 0.3) is 0 Å². The number of nitrogens with one attached hydrogen (secondary N) is 1. The monoisotopic (exact) mass is 380 g/mol. The number of likely N-dealkylation sites (tertiary alicyclic amines) is 1. The van der Waals surface area contributed by atoms with Gasteiger partial charge in [-0.05, 0) is 36.8 Å². The maximum absolute atomic E-state index is 13.4. The summed E-state index contributed by atoms with van der Waals surface area (Å²) >= 11 is 1.61. The standard InChI is InChI=1S/C16H20F4N2O2S/c1-2-25-10-15(24)3-5-22(6-4-15)14(23)21-13-8-11(16(18,19)20)7-12(17)9-13/h7-9,24H,2-6,10H2,1H3,(H,21,23). The highest BCUT2D eigenvalue weighted by atomic mass is 32.2. The third-order valence-electron chi connectivity index (χ3n) is 4.03. The number of aliphatic hydroxyl groups is 1. The Morgan fingerprint density at radius 1 is 1.32 bits per heavy atom. The number of alkyl halides is 3. The first-order chi connectivity index (χ1) is 11.6. The summed E-state index contributed by atoms with van der Waals surface area (Å²) in [6.45, 7) is 2.56. The van der Waals surface area contributed by atoms with Crippen LogP contribution in [-0.2, 0) is 6.18 Å². The molecular formula is C16H20F4N2O2S. The highest BCUT2D eigenvalue weighted by Gasteiger charge is 2.34. The summed E-state index contributed by atoms with van der Waals surface area (Å²) in [6, 6.07) is 1.30. The first-order valence-electron chi connectivity index (χ1n) is 7.87. The van der Waals surface area contributed by atoms with Crippen LogP contribution in [0.4, 0.5) is 28.0 Å². The molecule has 0 unspecified atom stereocenters. The van der Waals surface area contributed by atoms with Crippen LogP contribution in [0.15, 0.2) is 18.2 Å². The van der Waals surface area contributed by atoms with Gasteiger partial charge in [-0.3, -0.25) is 0 Å². The minimum atomic E-state index is -4.69. The first kappa shape index (κ1) is 19.8. The Kier molecular flexibility index (Phi) is 6.21. The van der Waals surface area contributed by atoms with E-state index in [1.54, 1.807) is 11.8 Å². The molecule has 0 aromatic heterocycles. The molecule has 1 heterocycles. The van der Waals surface area contributed by atoms with Crippen LogP contribution in [0.2, 0.25) is 0 Å². The van der Waals surface area contributed by atoms with Crippen molar-refractivity contribution >= 4 is 23.5 Å². The van der Waals surface area contributed by atoms with E-state index in [9.17, 15) is 27.5 Å². The predicted molar refractivity (Wildman–Crippen MR) is 89.2 cm³/mol. The van der Waals surface area contributed by atoms with Crippen molar-refractivity contribution in [2.24, 2.45) is 0 Å². The first-order valence-corrected chi connectivity index (χ1v) is 9.02. The number of thioether (sulfide) groups is 1. The maximum atomic E-state index is 13.4. The van der Waals surface area contributed by atoms with Gasteiger partial charge in [0.2, 0.25) is 0 Å². The normalized spacial score (nSPS) is 17.4. The number of piperidine rings is 1. The number of hydrogen-bond donors (Lipinski definition) is 2. The molecule has 0 bridgehead atoms. The zero-order valence-electron chi connectivity index (χ0n) is 13.7. The third kappa shape index (κ3) is 5.50. The van der Waals surface area contributed by atoms with Crippen molar-refractivity contribution in [1.82, 2.24) is 4.90 Å². The Bertz CT molecular complexity index is 617. The van der Waals surface area contributed by atoms with Gasteiger partial charge in [0.05, 0.1) is 11.2 Å². The largest absolute Gasteiger partial charge is 0.416 e. The highest BCUT2D eigenvalue weighted by Crippen LogP contribution is 2.32. The van der Waals surface area contributed by atoms with E-state index in [1.807, 2.05) is 6.92 Å². The lowest BCUT2D eigenvalue weighted by Gasteiger charge is -2.38. The molecule has 1 aliphatic rings. The van der Waals surface area contributed by atoms with E-state index in [-0.39, 0.29) is 18.8 Å². The number of carbonyl (C=O) groups excluding carboxylic acids is 1. The van der Waals surface area contributed by atoms with Crippen LogP contribution in [0, 0.1) is 5.82 Å². The second-order valence-electron chi connectivity index (χ2n) is 6.01. The lowest BCUT2D eigenvalue weighted by molar-refractivity contribution is -0.137. The number of rotatable bonds is 4.